The number of rotatable bonds is 6. The van der Waals surface area contributed by atoms with Crippen LogP contribution in [0.1, 0.15) is 25.5 Å². The first kappa shape index (κ1) is 14.2. The summed E-state index contributed by atoms with van der Waals surface area (Å²) in [7, 11) is 1.93. The number of nitrogens with two attached hydrogens (primary N) is 1. The maximum Gasteiger partial charge on any atom is 0.234 e. The number of hydrogen-bond acceptors (Lipinski definition) is 4. The molecule has 1 aromatic heterocycles. The zero-order valence-electron chi connectivity index (χ0n) is 10.6. The summed E-state index contributed by atoms with van der Waals surface area (Å²) in [5.41, 5.74) is 6.95. The van der Waals surface area contributed by atoms with Gasteiger partial charge in [0, 0.05) is 18.6 Å². The van der Waals surface area contributed by atoms with Gasteiger partial charge in [0.1, 0.15) is 0 Å². The first-order valence-corrected chi connectivity index (χ1v) is 6.70. The quantitative estimate of drug-likeness (QED) is 0.803. The van der Waals surface area contributed by atoms with Crippen LogP contribution in [0.2, 0.25) is 0 Å². The van der Waals surface area contributed by atoms with Crippen LogP contribution in [0.3, 0.4) is 0 Å². The number of carbonyl (C=O) groups is 1. The fourth-order valence-electron chi connectivity index (χ4n) is 1.74. The molecule has 0 saturated heterocycles. The Balaban J connectivity index is 2.55. The van der Waals surface area contributed by atoms with Crippen molar-refractivity contribution in [1.29, 1.82) is 0 Å². The van der Waals surface area contributed by atoms with Gasteiger partial charge in [-0.15, -0.1) is 0 Å². The van der Waals surface area contributed by atoms with Gasteiger partial charge in [-0.1, -0.05) is 0 Å². The molecule has 0 bridgehead atoms. The minimum Gasteiger partial charge on any atom is -0.353 e. The number of hydrogen-bond donors (Lipinski definition) is 2. The third-order valence-electron chi connectivity index (χ3n) is 2.53. The third kappa shape index (κ3) is 4.46. The molecule has 5 heteroatoms. The Kier molecular flexibility index (Phi) is 5.61. The van der Waals surface area contributed by atoms with Crippen LogP contribution >= 0.6 is 11.3 Å². The van der Waals surface area contributed by atoms with E-state index in [4.69, 9.17) is 5.73 Å². The van der Waals surface area contributed by atoms with E-state index >= 15 is 0 Å². The molecule has 0 radical (unpaired) electrons. The average Bonchev–Trinajstić information content (AvgIpc) is 2.70. The monoisotopic (exact) mass is 255 g/mol. The van der Waals surface area contributed by atoms with Crippen LogP contribution < -0.4 is 11.1 Å². The molecule has 1 amide bonds. The maximum absolute atomic E-state index is 11.7. The Morgan fingerprint density at radius 2 is 2.29 bits per heavy atom. The first-order chi connectivity index (χ1) is 8.04. The molecule has 4 nitrogen and oxygen atoms in total. The van der Waals surface area contributed by atoms with Gasteiger partial charge < -0.3 is 11.1 Å². The minimum absolute atomic E-state index is 0.0381. The number of likely N-dealkylation sites (N-methyl/N-ethyl adjacent to an activating group) is 1. The molecule has 17 heavy (non-hydrogen) atoms. The second-order valence-corrected chi connectivity index (χ2v) is 5.23. The Morgan fingerprint density at radius 3 is 2.76 bits per heavy atom. The topological polar surface area (TPSA) is 58.4 Å². The van der Waals surface area contributed by atoms with Crippen molar-refractivity contribution in [2.45, 2.75) is 25.9 Å². The minimum atomic E-state index is 0.0381. The summed E-state index contributed by atoms with van der Waals surface area (Å²) in [5, 5.41) is 6.98. The normalized spacial score (nSPS) is 13.1. The molecule has 0 aliphatic rings. The lowest BCUT2D eigenvalue weighted by molar-refractivity contribution is -0.122. The molecule has 0 saturated carbocycles. The molecule has 0 fully saturated rings. The van der Waals surface area contributed by atoms with Crippen LogP contribution in [-0.2, 0) is 4.79 Å². The molecule has 96 valence electrons. The van der Waals surface area contributed by atoms with Gasteiger partial charge in [0.05, 0.1) is 6.54 Å². The molecule has 1 atom stereocenters. The Bertz CT molecular complexity index is 338. The van der Waals surface area contributed by atoms with Crippen molar-refractivity contribution in [2.24, 2.45) is 5.73 Å². The van der Waals surface area contributed by atoms with E-state index in [9.17, 15) is 4.79 Å². The van der Waals surface area contributed by atoms with Crippen molar-refractivity contribution < 1.29 is 4.79 Å². The van der Waals surface area contributed by atoms with E-state index in [1.807, 2.05) is 31.2 Å². The number of carbonyl (C=O) groups excluding carboxylic acids is 1. The second kappa shape index (κ2) is 6.74. The summed E-state index contributed by atoms with van der Waals surface area (Å²) in [6.07, 6.45) is 0. The largest absolute Gasteiger partial charge is 0.353 e. The van der Waals surface area contributed by atoms with Gasteiger partial charge in [-0.25, -0.2) is 0 Å². The highest BCUT2D eigenvalue weighted by atomic mass is 32.1. The van der Waals surface area contributed by atoms with E-state index in [0.717, 1.165) is 0 Å². The van der Waals surface area contributed by atoms with Crippen LogP contribution in [-0.4, -0.2) is 37.0 Å². The molecular weight excluding hydrogens is 234 g/mol. The average molecular weight is 255 g/mol. The molecule has 1 aromatic rings. The summed E-state index contributed by atoms with van der Waals surface area (Å²) in [6, 6.07) is 2.34. The van der Waals surface area contributed by atoms with Gasteiger partial charge in [-0.3, -0.25) is 9.69 Å². The maximum atomic E-state index is 11.7. The lowest BCUT2D eigenvalue weighted by Crippen LogP contribution is -2.41. The van der Waals surface area contributed by atoms with E-state index in [1.54, 1.807) is 11.3 Å². The standard InChI is InChI=1S/C12H21N3OS/c1-9(2)14-12(16)7-15(3)11(6-13)10-4-5-17-8-10/h4-5,8-9,11H,6-7,13H2,1-3H3,(H,14,16). The van der Waals surface area contributed by atoms with Gasteiger partial charge in [-0.05, 0) is 43.3 Å². The number of amides is 1. The lowest BCUT2D eigenvalue weighted by atomic mass is 10.1. The fourth-order valence-corrected chi connectivity index (χ4v) is 2.45. The third-order valence-corrected chi connectivity index (χ3v) is 3.23. The summed E-state index contributed by atoms with van der Waals surface area (Å²) in [6.45, 7) is 4.80. The highest BCUT2D eigenvalue weighted by molar-refractivity contribution is 7.07. The van der Waals surface area contributed by atoms with Crippen molar-refractivity contribution >= 4 is 17.2 Å². The van der Waals surface area contributed by atoms with Crippen LogP contribution in [0.15, 0.2) is 16.8 Å². The summed E-state index contributed by atoms with van der Waals surface area (Å²) < 4.78 is 0. The van der Waals surface area contributed by atoms with E-state index in [1.165, 1.54) is 5.56 Å². The molecular formula is C12H21N3OS. The SMILES string of the molecule is CC(C)NC(=O)CN(C)C(CN)c1ccsc1. The summed E-state index contributed by atoms with van der Waals surface area (Å²) >= 11 is 1.65. The summed E-state index contributed by atoms with van der Waals surface area (Å²) in [5.74, 6) is 0.0381. The molecule has 1 rings (SSSR count). The molecule has 0 aliphatic carbocycles. The van der Waals surface area contributed by atoms with Gasteiger partial charge in [0.25, 0.3) is 0 Å². The molecule has 1 heterocycles. The Hall–Kier alpha value is -0.910. The molecule has 0 spiro atoms. The van der Waals surface area contributed by atoms with Crippen molar-refractivity contribution in [1.82, 2.24) is 10.2 Å². The van der Waals surface area contributed by atoms with Crippen LogP contribution in [0.25, 0.3) is 0 Å². The highest BCUT2D eigenvalue weighted by Crippen LogP contribution is 2.20. The van der Waals surface area contributed by atoms with Crippen molar-refractivity contribution in [3.63, 3.8) is 0 Å². The van der Waals surface area contributed by atoms with Gasteiger partial charge in [0.2, 0.25) is 5.91 Å². The Morgan fingerprint density at radius 1 is 1.59 bits per heavy atom. The molecule has 0 aliphatic heterocycles. The smallest absolute Gasteiger partial charge is 0.234 e. The van der Waals surface area contributed by atoms with Gasteiger partial charge in [-0.2, -0.15) is 11.3 Å². The van der Waals surface area contributed by atoms with E-state index < -0.39 is 0 Å². The summed E-state index contributed by atoms with van der Waals surface area (Å²) in [4.78, 5) is 13.6. The first-order valence-electron chi connectivity index (χ1n) is 5.76. The van der Waals surface area contributed by atoms with E-state index in [0.29, 0.717) is 13.1 Å². The highest BCUT2D eigenvalue weighted by Gasteiger charge is 2.18. The van der Waals surface area contributed by atoms with Gasteiger partial charge >= 0.3 is 0 Å². The number of nitrogens with zero attached hydrogens (tertiary/aromatic N) is 1. The second-order valence-electron chi connectivity index (χ2n) is 4.45. The zero-order valence-corrected chi connectivity index (χ0v) is 11.5. The van der Waals surface area contributed by atoms with Crippen molar-refractivity contribution in [2.75, 3.05) is 20.1 Å². The van der Waals surface area contributed by atoms with Crippen LogP contribution in [0, 0.1) is 0 Å². The van der Waals surface area contributed by atoms with Crippen LogP contribution in [0.4, 0.5) is 0 Å². The van der Waals surface area contributed by atoms with E-state index in [-0.39, 0.29) is 18.0 Å². The lowest BCUT2D eigenvalue weighted by Gasteiger charge is -2.26. The molecule has 3 N–H and O–H groups in total. The van der Waals surface area contributed by atoms with Crippen molar-refractivity contribution in [3.8, 4) is 0 Å². The molecule has 0 aromatic carbocycles. The van der Waals surface area contributed by atoms with Crippen LogP contribution in [0.5, 0.6) is 0 Å². The van der Waals surface area contributed by atoms with Gasteiger partial charge in [0.15, 0.2) is 0 Å². The fraction of sp³-hybridized carbons (Fsp3) is 0.583. The number of thiophene rings is 1. The Labute approximate surface area is 107 Å². The molecule has 1 unspecified atom stereocenters. The number of nitrogens with one attached hydrogen (secondary N) is 1. The van der Waals surface area contributed by atoms with Crippen molar-refractivity contribution in [3.05, 3.63) is 22.4 Å². The zero-order chi connectivity index (χ0) is 12.8. The van der Waals surface area contributed by atoms with E-state index in [2.05, 4.69) is 16.8 Å². The predicted octanol–water partition coefficient (Wildman–Crippen LogP) is 1.20. The predicted molar refractivity (Wildman–Crippen MR) is 72.0 cm³/mol.